The second-order valence-electron chi connectivity index (χ2n) is 8.93. The lowest BCUT2D eigenvalue weighted by Crippen LogP contribution is -2.10. The second kappa shape index (κ2) is 9.96. The average Bonchev–Trinajstić information content (AvgIpc) is 3.42. The largest absolute Gasteiger partial charge is 0.311 e. The van der Waals surface area contributed by atoms with Gasteiger partial charge >= 0.3 is 0 Å². The van der Waals surface area contributed by atoms with E-state index in [0.717, 1.165) is 39.7 Å². The Labute approximate surface area is 217 Å². The summed E-state index contributed by atoms with van der Waals surface area (Å²) >= 11 is 0. The lowest BCUT2D eigenvalue weighted by atomic mass is 10.1. The van der Waals surface area contributed by atoms with E-state index in [2.05, 4.69) is 96.8 Å². The number of rotatable bonds is 6. The first-order valence-electron chi connectivity index (χ1n) is 12.4. The first-order chi connectivity index (χ1) is 18.3. The summed E-state index contributed by atoms with van der Waals surface area (Å²) in [5.74, 6) is 1.51. The summed E-state index contributed by atoms with van der Waals surface area (Å²) < 4.78 is 1.93. The molecule has 37 heavy (non-hydrogen) atoms. The Morgan fingerprint density at radius 3 is 1.59 bits per heavy atom. The zero-order chi connectivity index (χ0) is 25.0. The van der Waals surface area contributed by atoms with E-state index in [9.17, 15) is 0 Å². The molecule has 178 valence electrons. The lowest BCUT2D eigenvalue weighted by molar-refractivity contribution is 0.890. The Kier molecular flexibility index (Phi) is 6.05. The van der Waals surface area contributed by atoms with E-state index in [1.807, 2.05) is 59.3 Å². The number of hydrogen-bond acceptors (Lipinski definition) is 3. The molecule has 0 N–H and O–H groups in total. The number of para-hydroxylation sites is 1. The first-order valence-corrected chi connectivity index (χ1v) is 12.4. The zero-order valence-corrected chi connectivity index (χ0v) is 20.6. The van der Waals surface area contributed by atoms with Crippen molar-refractivity contribution >= 4 is 17.1 Å². The van der Waals surface area contributed by atoms with Gasteiger partial charge in [-0.05, 0) is 55.5 Å². The predicted molar refractivity (Wildman–Crippen MR) is 152 cm³/mol. The van der Waals surface area contributed by atoms with Gasteiger partial charge in [-0.3, -0.25) is 0 Å². The van der Waals surface area contributed by atoms with Crippen LogP contribution in [-0.2, 0) is 0 Å². The van der Waals surface area contributed by atoms with Crippen molar-refractivity contribution < 1.29 is 0 Å². The molecule has 0 saturated carbocycles. The van der Waals surface area contributed by atoms with Crippen molar-refractivity contribution in [1.29, 1.82) is 0 Å². The molecule has 6 aromatic rings. The fourth-order valence-electron chi connectivity index (χ4n) is 4.44. The lowest BCUT2D eigenvalue weighted by Gasteiger charge is -2.25. The van der Waals surface area contributed by atoms with E-state index in [1.165, 1.54) is 5.56 Å². The minimum absolute atomic E-state index is 0.703. The summed E-state index contributed by atoms with van der Waals surface area (Å²) in [6.45, 7) is 2.11. The van der Waals surface area contributed by atoms with E-state index in [0.29, 0.717) is 5.82 Å². The summed E-state index contributed by atoms with van der Waals surface area (Å²) in [6, 6.07) is 47.8. The van der Waals surface area contributed by atoms with Crippen LogP contribution in [0.15, 0.2) is 140 Å². The number of anilines is 3. The number of aromatic nitrogens is 3. The van der Waals surface area contributed by atoms with E-state index in [4.69, 9.17) is 10.1 Å². The van der Waals surface area contributed by atoms with Crippen molar-refractivity contribution in [2.24, 2.45) is 0 Å². The molecule has 0 aliphatic carbocycles. The van der Waals surface area contributed by atoms with E-state index < -0.39 is 0 Å². The molecule has 1 heterocycles. The minimum Gasteiger partial charge on any atom is -0.311 e. The zero-order valence-electron chi connectivity index (χ0n) is 20.6. The van der Waals surface area contributed by atoms with Gasteiger partial charge in [0.2, 0.25) is 0 Å². The maximum Gasteiger partial charge on any atom is 0.182 e. The Morgan fingerprint density at radius 1 is 0.514 bits per heavy atom. The van der Waals surface area contributed by atoms with Gasteiger partial charge in [0.15, 0.2) is 11.6 Å². The molecule has 5 aromatic carbocycles. The molecular formula is C33H26N4. The topological polar surface area (TPSA) is 34.0 Å². The van der Waals surface area contributed by atoms with Crippen LogP contribution < -0.4 is 4.90 Å². The molecule has 0 bridgehead atoms. The van der Waals surface area contributed by atoms with Gasteiger partial charge in [0.25, 0.3) is 0 Å². The Bertz CT molecular complexity index is 1590. The average molecular weight is 479 g/mol. The molecule has 0 amide bonds. The van der Waals surface area contributed by atoms with Crippen molar-refractivity contribution in [2.75, 3.05) is 4.90 Å². The van der Waals surface area contributed by atoms with Crippen LogP contribution >= 0.6 is 0 Å². The SMILES string of the molecule is Cc1ccc(N(c2ccccc2)c2ccc(-n3nc(-c4ccccc4)nc3-c3ccccc3)cc2)cc1. The third-order valence-electron chi connectivity index (χ3n) is 6.33. The first kappa shape index (κ1) is 22.5. The maximum absolute atomic E-state index is 4.93. The quantitative estimate of drug-likeness (QED) is 0.241. The molecule has 4 heteroatoms. The molecule has 6 rings (SSSR count). The normalized spacial score (nSPS) is 10.8. The van der Waals surface area contributed by atoms with E-state index in [-0.39, 0.29) is 0 Å². The van der Waals surface area contributed by atoms with Gasteiger partial charge < -0.3 is 4.90 Å². The van der Waals surface area contributed by atoms with Gasteiger partial charge in [-0.25, -0.2) is 9.67 Å². The summed E-state index contributed by atoms with van der Waals surface area (Å²) in [5, 5.41) is 4.92. The van der Waals surface area contributed by atoms with Crippen LogP contribution in [0.4, 0.5) is 17.1 Å². The highest BCUT2D eigenvalue weighted by molar-refractivity contribution is 5.77. The maximum atomic E-state index is 4.93. The number of aryl methyl sites for hydroxylation is 1. The highest BCUT2D eigenvalue weighted by atomic mass is 15.4. The molecule has 0 radical (unpaired) electrons. The van der Waals surface area contributed by atoms with Crippen molar-refractivity contribution in [3.05, 3.63) is 145 Å². The number of nitrogens with zero attached hydrogens (tertiary/aromatic N) is 4. The standard InChI is InChI=1S/C33H26N4/c1-25-17-19-29(20-18-25)36(28-15-9-4-10-16-28)30-21-23-31(24-22-30)37-33(27-13-7-3-8-14-27)34-32(35-37)26-11-5-2-6-12-26/h2-24H,1H3. The molecule has 0 aliphatic heterocycles. The molecule has 0 saturated heterocycles. The number of benzene rings is 5. The fourth-order valence-corrected chi connectivity index (χ4v) is 4.44. The number of hydrogen-bond donors (Lipinski definition) is 0. The van der Waals surface area contributed by atoms with Crippen LogP contribution in [0.3, 0.4) is 0 Å². The van der Waals surface area contributed by atoms with Crippen LogP contribution in [0.25, 0.3) is 28.5 Å². The van der Waals surface area contributed by atoms with E-state index in [1.54, 1.807) is 0 Å². The Morgan fingerprint density at radius 2 is 1.00 bits per heavy atom. The Hall–Kier alpha value is -4.96. The molecule has 4 nitrogen and oxygen atoms in total. The van der Waals surface area contributed by atoms with Crippen molar-refractivity contribution in [2.45, 2.75) is 6.92 Å². The molecule has 0 atom stereocenters. The third kappa shape index (κ3) is 4.65. The van der Waals surface area contributed by atoms with Gasteiger partial charge in [0.1, 0.15) is 0 Å². The molecule has 0 aliphatic rings. The highest BCUT2D eigenvalue weighted by Crippen LogP contribution is 2.35. The van der Waals surface area contributed by atoms with Crippen molar-refractivity contribution in [3.8, 4) is 28.5 Å². The van der Waals surface area contributed by atoms with Gasteiger partial charge in [0, 0.05) is 28.2 Å². The van der Waals surface area contributed by atoms with Crippen LogP contribution in [0, 0.1) is 6.92 Å². The molecular weight excluding hydrogens is 452 g/mol. The van der Waals surface area contributed by atoms with Crippen LogP contribution in [0.1, 0.15) is 5.56 Å². The summed E-state index contributed by atoms with van der Waals surface area (Å²) in [4.78, 5) is 7.19. The smallest absolute Gasteiger partial charge is 0.182 e. The van der Waals surface area contributed by atoms with Gasteiger partial charge in [-0.2, -0.15) is 0 Å². The van der Waals surface area contributed by atoms with Crippen molar-refractivity contribution in [1.82, 2.24) is 14.8 Å². The van der Waals surface area contributed by atoms with Gasteiger partial charge in [0.05, 0.1) is 5.69 Å². The monoisotopic (exact) mass is 478 g/mol. The molecule has 1 aromatic heterocycles. The highest BCUT2D eigenvalue weighted by Gasteiger charge is 2.16. The van der Waals surface area contributed by atoms with Crippen molar-refractivity contribution in [3.63, 3.8) is 0 Å². The minimum atomic E-state index is 0.703. The van der Waals surface area contributed by atoms with E-state index >= 15 is 0 Å². The predicted octanol–water partition coefficient (Wildman–Crippen LogP) is 8.38. The molecule has 0 spiro atoms. The van der Waals surface area contributed by atoms with Crippen LogP contribution in [0.5, 0.6) is 0 Å². The van der Waals surface area contributed by atoms with Gasteiger partial charge in [-0.1, -0.05) is 96.6 Å². The third-order valence-corrected chi connectivity index (χ3v) is 6.33. The second-order valence-corrected chi connectivity index (χ2v) is 8.93. The van der Waals surface area contributed by atoms with Crippen LogP contribution in [0.2, 0.25) is 0 Å². The Balaban J connectivity index is 1.43. The summed E-state index contributed by atoms with van der Waals surface area (Å²) in [7, 11) is 0. The van der Waals surface area contributed by atoms with Crippen LogP contribution in [-0.4, -0.2) is 14.8 Å². The molecule has 0 unspecified atom stereocenters. The summed E-state index contributed by atoms with van der Waals surface area (Å²) in [5.41, 5.74) is 7.49. The molecule has 0 fully saturated rings. The fraction of sp³-hybridized carbons (Fsp3) is 0.0303. The van der Waals surface area contributed by atoms with Gasteiger partial charge in [-0.15, -0.1) is 5.10 Å². The summed E-state index contributed by atoms with van der Waals surface area (Å²) in [6.07, 6.45) is 0.